The van der Waals surface area contributed by atoms with Gasteiger partial charge >= 0.3 is 0 Å². The fraction of sp³-hybridized carbons (Fsp3) is 1.00. The minimum absolute atomic E-state index is 0.489. The fourth-order valence-electron chi connectivity index (χ4n) is 4.58. The molecule has 1 nitrogen and oxygen atoms in total. The van der Waals surface area contributed by atoms with Gasteiger partial charge in [0, 0.05) is 5.33 Å². The minimum Gasteiger partial charge on any atom is -0.317 e. The standard InChI is InChI=1S/C14H26BrN/c1-13(2,3)12-11(4-7-15)10-14(12)5-8-16-9-6-14/h11-12,16H,4-10H2,1-3H3. The van der Waals surface area contributed by atoms with Crippen molar-refractivity contribution in [1.82, 2.24) is 5.32 Å². The van der Waals surface area contributed by atoms with Gasteiger partial charge < -0.3 is 5.32 Å². The van der Waals surface area contributed by atoms with Crippen molar-refractivity contribution in [1.29, 1.82) is 0 Å². The van der Waals surface area contributed by atoms with Crippen LogP contribution in [0.1, 0.15) is 46.5 Å². The third kappa shape index (κ3) is 2.20. The van der Waals surface area contributed by atoms with Crippen molar-refractivity contribution in [3.63, 3.8) is 0 Å². The quantitative estimate of drug-likeness (QED) is 0.762. The van der Waals surface area contributed by atoms with Crippen molar-refractivity contribution in [3.8, 4) is 0 Å². The molecule has 0 aromatic rings. The van der Waals surface area contributed by atoms with Crippen molar-refractivity contribution in [3.05, 3.63) is 0 Å². The zero-order valence-electron chi connectivity index (χ0n) is 11.0. The maximum atomic E-state index is 3.62. The first kappa shape index (κ1) is 12.9. The van der Waals surface area contributed by atoms with E-state index < -0.39 is 0 Å². The van der Waals surface area contributed by atoms with Crippen molar-refractivity contribution >= 4 is 15.9 Å². The van der Waals surface area contributed by atoms with Gasteiger partial charge in [0.15, 0.2) is 0 Å². The van der Waals surface area contributed by atoms with Crippen LogP contribution >= 0.6 is 15.9 Å². The van der Waals surface area contributed by atoms with Gasteiger partial charge in [-0.1, -0.05) is 36.7 Å². The molecule has 1 aliphatic carbocycles. The maximum absolute atomic E-state index is 3.62. The van der Waals surface area contributed by atoms with Gasteiger partial charge in [-0.15, -0.1) is 0 Å². The van der Waals surface area contributed by atoms with E-state index in [1.807, 2.05) is 0 Å². The van der Waals surface area contributed by atoms with Gasteiger partial charge in [0.05, 0.1) is 0 Å². The highest BCUT2D eigenvalue weighted by Gasteiger charge is 2.56. The molecule has 0 aromatic carbocycles. The van der Waals surface area contributed by atoms with Crippen LogP contribution in [0.2, 0.25) is 0 Å². The molecule has 0 amide bonds. The van der Waals surface area contributed by atoms with Gasteiger partial charge in [-0.25, -0.2) is 0 Å². The molecule has 0 aromatic heterocycles. The molecular formula is C14H26BrN. The molecule has 0 radical (unpaired) electrons. The second-order valence-corrected chi connectivity index (χ2v) is 7.69. The summed E-state index contributed by atoms with van der Waals surface area (Å²) in [6.07, 6.45) is 5.68. The second-order valence-electron chi connectivity index (χ2n) is 6.90. The number of alkyl halides is 1. The Balaban J connectivity index is 2.10. The summed E-state index contributed by atoms with van der Waals surface area (Å²) in [5.74, 6) is 1.91. The molecule has 16 heavy (non-hydrogen) atoms. The molecule has 2 aliphatic rings. The van der Waals surface area contributed by atoms with Gasteiger partial charge in [-0.2, -0.15) is 0 Å². The number of halogens is 1. The number of piperidine rings is 1. The maximum Gasteiger partial charge on any atom is 0.00340 e. The zero-order valence-corrected chi connectivity index (χ0v) is 12.6. The molecule has 2 rings (SSSR count). The predicted octanol–water partition coefficient (Wildman–Crippen LogP) is 3.82. The Morgan fingerprint density at radius 1 is 1.25 bits per heavy atom. The van der Waals surface area contributed by atoms with E-state index in [0.29, 0.717) is 10.8 Å². The Morgan fingerprint density at radius 2 is 1.88 bits per heavy atom. The van der Waals surface area contributed by atoms with E-state index in [9.17, 15) is 0 Å². The van der Waals surface area contributed by atoms with E-state index >= 15 is 0 Å². The first-order chi connectivity index (χ1) is 7.49. The molecular weight excluding hydrogens is 262 g/mol. The third-order valence-electron chi connectivity index (χ3n) is 4.81. The van der Waals surface area contributed by atoms with E-state index in [0.717, 1.165) is 11.8 Å². The van der Waals surface area contributed by atoms with Crippen LogP contribution in [0, 0.1) is 22.7 Å². The molecule has 2 fully saturated rings. The summed E-state index contributed by atoms with van der Waals surface area (Å²) in [5.41, 5.74) is 1.18. The number of hydrogen-bond donors (Lipinski definition) is 1. The van der Waals surface area contributed by atoms with Crippen molar-refractivity contribution < 1.29 is 0 Å². The first-order valence-electron chi connectivity index (χ1n) is 6.76. The molecule has 2 unspecified atom stereocenters. The Labute approximate surface area is 109 Å². The topological polar surface area (TPSA) is 12.0 Å². The normalized spacial score (nSPS) is 33.8. The monoisotopic (exact) mass is 287 g/mol. The molecule has 1 aliphatic heterocycles. The third-order valence-corrected chi connectivity index (χ3v) is 5.27. The molecule has 2 atom stereocenters. The summed E-state index contributed by atoms with van der Waals surface area (Å²) in [6, 6.07) is 0. The predicted molar refractivity (Wildman–Crippen MR) is 74.0 cm³/mol. The average Bonchev–Trinajstić information content (AvgIpc) is 2.15. The lowest BCUT2D eigenvalue weighted by molar-refractivity contribution is -0.125. The van der Waals surface area contributed by atoms with Crippen LogP contribution in [0.25, 0.3) is 0 Å². The van der Waals surface area contributed by atoms with E-state index in [-0.39, 0.29) is 0 Å². The minimum atomic E-state index is 0.489. The molecule has 94 valence electrons. The van der Waals surface area contributed by atoms with Crippen molar-refractivity contribution in [2.45, 2.75) is 46.5 Å². The summed E-state index contributed by atoms with van der Waals surface area (Å²) in [7, 11) is 0. The largest absolute Gasteiger partial charge is 0.317 e. The van der Waals surface area contributed by atoms with Gasteiger partial charge in [-0.3, -0.25) is 0 Å². The van der Waals surface area contributed by atoms with Crippen molar-refractivity contribution in [2.75, 3.05) is 18.4 Å². The second kappa shape index (κ2) is 4.61. The Bertz CT molecular complexity index is 238. The Hall–Kier alpha value is 0.440. The smallest absolute Gasteiger partial charge is 0.00340 e. The molecule has 2 heteroatoms. The van der Waals surface area contributed by atoms with Crippen LogP contribution in [-0.2, 0) is 0 Å². The summed E-state index contributed by atoms with van der Waals surface area (Å²) in [5, 5.41) is 4.70. The van der Waals surface area contributed by atoms with E-state index in [4.69, 9.17) is 0 Å². The first-order valence-corrected chi connectivity index (χ1v) is 7.88. The van der Waals surface area contributed by atoms with Crippen LogP contribution in [0.5, 0.6) is 0 Å². The highest BCUT2D eigenvalue weighted by Crippen LogP contribution is 2.63. The summed E-state index contributed by atoms with van der Waals surface area (Å²) >= 11 is 3.62. The van der Waals surface area contributed by atoms with Crippen LogP contribution < -0.4 is 5.32 Å². The van der Waals surface area contributed by atoms with Gasteiger partial charge in [0.25, 0.3) is 0 Å². The van der Waals surface area contributed by atoms with E-state index in [1.54, 1.807) is 0 Å². The molecule has 1 spiro atoms. The van der Waals surface area contributed by atoms with Crippen LogP contribution in [-0.4, -0.2) is 18.4 Å². The molecule has 1 saturated heterocycles. The lowest BCUT2D eigenvalue weighted by atomic mass is 9.43. The Kier molecular flexibility index (Phi) is 3.71. The van der Waals surface area contributed by atoms with E-state index in [1.165, 1.54) is 44.1 Å². The van der Waals surface area contributed by atoms with Gasteiger partial charge in [-0.05, 0) is 61.4 Å². The SMILES string of the molecule is CC(C)(C)C1C(CCBr)CC12CCNCC2. The van der Waals surface area contributed by atoms with Crippen molar-refractivity contribution in [2.24, 2.45) is 22.7 Å². The highest BCUT2D eigenvalue weighted by molar-refractivity contribution is 9.09. The average molecular weight is 288 g/mol. The number of rotatable bonds is 2. The Morgan fingerprint density at radius 3 is 2.38 bits per heavy atom. The zero-order chi connectivity index (χ0) is 11.8. The summed E-state index contributed by atoms with van der Waals surface area (Å²) in [4.78, 5) is 0. The number of hydrogen-bond acceptors (Lipinski definition) is 1. The molecule has 1 saturated carbocycles. The lowest BCUT2D eigenvalue weighted by Gasteiger charge is -2.62. The van der Waals surface area contributed by atoms with Gasteiger partial charge in [0.2, 0.25) is 0 Å². The van der Waals surface area contributed by atoms with Crippen LogP contribution in [0.3, 0.4) is 0 Å². The lowest BCUT2D eigenvalue weighted by Crippen LogP contribution is -2.57. The molecule has 0 bridgehead atoms. The highest BCUT2D eigenvalue weighted by atomic mass is 79.9. The summed E-state index contributed by atoms with van der Waals surface area (Å²) in [6.45, 7) is 9.83. The van der Waals surface area contributed by atoms with E-state index in [2.05, 4.69) is 42.0 Å². The van der Waals surface area contributed by atoms with Gasteiger partial charge in [0.1, 0.15) is 0 Å². The summed E-state index contributed by atoms with van der Waals surface area (Å²) < 4.78 is 0. The van der Waals surface area contributed by atoms with Crippen LogP contribution in [0.4, 0.5) is 0 Å². The number of nitrogens with one attached hydrogen (secondary N) is 1. The van der Waals surface area contributed by atoms with Crippen LogP contribution in [0.15, 0.2) is 0 Å². The molecule has 1 heterocycles. The molecule has 1 N–H and O–H groups in total. The fourth-order valence-corrected chi connectivity index (χ4v) is 5.17.